The number of carbonyl (C=O) groups excluding carboxylic acids is 1. The summed E-state index contributed by atoms with van der Waals surface area (Å²) in [5.41, 5.74) is -0.188. The van der Waals surface area contributed by atoms with Crippen LogP contribution in [-0.4, -0.2) is 10.9 Å². The summed E-state index contributed by atoms with van der Waals surface area (Å²) in [5, 5.41) is 17.7. The quantitative estimate of drug-likeness (QED) is 0.351. The molecule has 4 heteroatoms. The average Bonchev–Trinajstić information content (AvgIpc) is 2.52. The molecule has 1 aromatic rings. The van der Waals surface area contributed by atoms with Gasteiger partial charge in [-0.25, -0.2) is 0 Å². The van der Waals surface area contributed by atoms with Crippen molar-refractivity contribution in [2.45, 2.75) is 13.8 Å². The minimum absolute atomic E-state index is 0.188. The second-order valence-electron chi connectivity index (χ2n) is 2.81. The molecule has 1 N–H and O–H groups in total. The van der Waals surface area contributed by atoms with E-state index < -0.39 is 5.78 Å². The molecule has 0 saturated heterocycles. The lowest BCUT2D eigenvalue weighted by atomic mass is 10.1. The predicted molar refractivity (Wildman–Crippen MR) is 54.3 cm³/mol. The van der Waals surface area contributed by atoms with E-state index in [1.807, 2.05) is 6.92 Å². The SMILES string of the molecule is C/C(O)=C(\C#N)C(=O)c1ccc(C)s1. The van der Waals surface area contributed by atoms with Crippen molar-refractivity contribution in [1.29, 1.82) is 5.26 Å². The standard InChI is InChI=1S/C10H9NO2S/c1-6-3-4-9(14-6)10(13)8(5-11)7(2)12/h3-4,12H,1-2H3/b8-7-. The third kappa shape index (κ3) is 2.01. The lowest BCUT2D eigenvalue weighted by Gasteiger charge is -1.95. The lowest BCUT2D eigenvalue weighted by molar-refractivity contribution is 0.103. The maximum atomic E-state index is 11.6. The van der Waals surface area contributed by atoms with E-state index in [0.29, 0.717) is 4.88 Å². The highest BCUT2D eigenvalue weighted by molar-refractivity contribution is 7.14. The van der Waals surface area contributed by atoms with Crippen LogP contribution >= 0.6 is 11.3 Å². The summed E-state index contributed by atoms with van der Waals surface area (Å²) in [6, 6.07) is 5.16. The van der Waals surface area contributed by atoms with Gasteiger partial charge in [-0.05, 0) is 26.0 Å². The number of nitriles is 1. The van der Waals surface area contributed by atoms with Crippen LogP contribution in [0, 0.1) is 18.3 Å². The zero-order valence-corrected chi connectivity index (χ0v) is 8.68. The van der Waals surface area contributed by atoms with Crippen molar-refractivity contribution in [1.82, 2.24) is 0 Å². The molecule has 0 aliphatic heterocycles. The van der Waals surface area contributed by atoms with Gasteiger partial charge in [-0.15, -0.1) is 11.3 Å². The van der Waals surface area contributed by atoms with Gasteiger partial charge < -0.3 is 5.11 Å². The molecule has 0 unspecified atom stereocenters. The van der Waals surface area contributed by atoms with Gasteiger partial charge in [0, 0.05) is 4.88 Å². The van der Waals surface area contributed by atoms with Gasteiger partial charge >= 0.3 is 0 Å². The summed E-state index contributed by atoms with van der Waals surface area (Å²) >= 11 is 1.31. The van der Waals surface area contributed by atoms with Crippen LogP contribution < -0.4 is 0 Å². The van der Waals surface area contributed by atoms with Crippen LogP contribution in [0.2, 0.25) is 0 Å². The molecule has 14 heavy (non-hydrogen) atoms. The minimum Gasteiger partial charge on any atom is -0.511 e. The minimum atomic E-state index is -0.411. The highest BCUT2D eigenvalue weighted by Crippen LogP contribution is 2.19. The van der Waals surface area contributed by atoms with E-state index >= 15 is 0 Å². The number of hydrogen-bond acceptors (Lipinski definition) is 4. The third-order valence-corrected chi connectivity index (χ3v) is 2.66. The number of rotatable bonds is 2. The number of allylic oxidation sites excluding steroid dienone is 2. The van der Waals surface area contributed by atoms with E-state index in [4.69, 9.17) is 10.4 Å². The van der Waals surface area contributed by atoms with Gasteiger partial charge in [0.25, 0.3) is 0 Å². The van der Waals surface area contributed by atoms with Crippen LogP contribution in [0.4, 0.5) is 0 Å². The normalized spacial score (nSPS) is 11.8. The Balaban J connectivity index is 3.09. The molecule has 1 heterocycles. The largest absolute Gasteiger partial charge is 0.511 e. The number of aryl methyl sites for hydroxylation is 1. The molecule has 0 amide bonds. The fraction of sp³-hybridized carbons (Fsp3) is 0.200. The maximum Gasteiger partial charge on any atom is 0.216 e. The summed E-state index contributed by atoms with van der Waals surface area (Å²) in [7, 11) is 0. The molecule has 0 radical (unpaired) electrons. The Kier molecular flexibility index (Phi) is 3.05. The van der Waals surface area contributed by atoms with Crippen LogP contribution in [0.3, 0.4) is 0 Å². The first-order chi connectivity index (χ1) is 6.56. The first kappa shape index (κ1) is 10.5. The second-order valence-corrected chi connectivity index (χ2v) is 4.10. The van der Waals surface area contributed by atoms with Crippen molar-refractivity contribution in [3.8, 4) is 6.07 Å². The van der Waals surface area contributed by atoms with Crippen molar-refractivity contribution in [2.75, 3.05) is 0 Å². The van der Waals surface area contributed by atoms with Gasteiger partial charge in [-0.3, -0.25) is 4.79 Å². The van der Waals surface area contributed by atoms with Crippen molar-refractivity contribution in [3.05, 3.63) is 33.2 Å². The van der Waals surface area contributed by atoms with Gasteiger partial charge in [0.15, 0.2) is 0 Å². The number of aliphatic hydroxyl groups is 1. The number of hydrogen-bond donors (Lipinski definition) is 1. The molecule has 0 atom stereocenters. The van der Waals surface area contributed by atoms with Gasteiger partial charge in [-0.1, -0.05) is 0 Å². The van der Waals surface area contributed by atoms with Gasteiger partial charge in [0.05, 0.1) is 4.88 Å². The highest BCUT2D eigenvalue weighted by atomic mass is 32.1. The Morgan fingerprint density at radius 2 is 2.21 bits per heavy atom. The van der Waals surface area contributed by atoms with E-state index in [-0.39, 0.29) is 11.3 Å². The topological polar surface area (TPSA) is 61.1 Å². The summed E-state index contributed by atoms with van der Waals surface area (Å²) in [6.45, 7) is 3.21. The summed E-state index contributed by atoms with van der Waals surface area (Å²) in [4.78, 5) is 13.1. The van der Waals surface area contributed by atoms with Crippen LogP contribution in [0.1, 0.15) is 21.5 Å². The molecule has 0 saturated carbocycles. The zero-order chi connectivity index (χ0) is 10.7. The number of carbonyl (C=O) groups is 1. The molecular formula is C10H9NO2S. The molecule has 0 bridgehead atoms. The van der Waals surface area contributed by atoms with Crippen LogP contribution in [-0.2, 0) is 0 Å². The fourth-order valence-corrected chi connectivity index (χ4v) is 1.79. The van der Waals surface area contributed by atoms with Crippen molar-refractivity contribution >= 4 is 17.1 Å². The molecule has 0 fully saturated rings. The Morgan fingerprint density at radius 1 is 1.57 bits per heavy atom. The Hall–Kier alpha value is -1.60. The smallest absolute Gasteiger partial charge is 0.216 e. The van der Waals surface area contributed by atoms with Crippen LogP contribution in [0.5, 0.6) is 0 Å². The van der Waals surface area contributed by atoms with E-state index in [1.54, 1.807) is 18.2 Å². The van der Waals surface area contributed by atoms with Gasteiger partial charge in [-0.2, -0.15) is 5.26 Å². The summed E-state index contributed by atoms with van der Waals surface area (Å²) in [6.07, 6.45) is 0. The molecule has 72 valence electrons. The maximum absolute atomic E-state index is 11.6. The van der Waals surface area contributed by atoms with E-state index in [9.17, 15) is 4.79 Å². The third-order valence-electron chi connectivity index (χ3n) is 1.66. The van der Waals surface area contributed by atoms with E-state index in [1.165, 1.54) is 18.3 Å². The van der Waals surface area contributed by atoms with Crippen LogP contribution in [0.15, 0.2) is 23.5 Å². The Morgan fingerprint density at radius 3 is 2.57 bits per heavy atom. The molecule has 0 aliphatic carbocycles. The first-order valence-electron chi connectivity index (χ1n) is 3.97. The van der Waals surface area contributed by atoms with Crippen molar-refractivity contribution in [3.63, 3.8) is 0 Å². The zero-order valence-electron chi connectivity index (χ0n) is 7.87. The number of Topliss-reactive ketones (excluding diaryl/α,β-unsaturated/α-hetero) is 1. The van der Waals surface area contributed by atoms with E-state index in [2.05, 4.69) is 0 Å². The molecule has 0 aromatic carbocycles. The second kappa shape index (κ2) is 4.07. The molecule has 0 spiro atoms. The summed E-state index contributed by atoms with van der Waals surface area (Å²) < 4.78 is 0. The van der Waals surface area contributed by atoms with Gasteiger partial charge in [0.2, 0.25) is 5.78 Å². The van der Waals surface area contributed by atoms with Gasteiger partial charge in [0.1, 0.15) is 17.4 Å². The number of aliphatic hydroxyl groups excluding tert-OH is 1. The Labute approximate surface area is 85.9 Å². The summed E-state index contributed by atoms with van der Waals surface area (Å²) in [5.74, 6) is -0.644. The molecular weight excluding hydrogens is 198 g/mol. The number of ketones is 1. The molecule has 1 rings (SSSR count). The molecule has 1 aromatic heterocycles. The number of nitrogens with zero attached hydrogens (tertiary/aromatic N) is 1. The molecule has 3 nitrogen and oxygen atoms in total. The predicted octanol–water partition coefficient (Wildman–Crippen LogP) is 2.59. The lowest BCUT2D eigenvalue weighted by Crippen LogP contribution is -2.01. The Bertz CT molecular complexity index is 433. The first-order valence-corrected chi connectivity index (χ1v) is 4.79. The number of thiophene rings is 1. The monoisotopic (exact) mass is 207 g/mol. The average molecular weight is 207 g/mol. The van der Waals surface area contributed by atoms with Crippen molar-refractivity contribution in [2.24, 2.45) is 0 Å². The fourth-order valence-electron chi connectivity index (χ4n) is 0.976. The van der Waals surface area contributed by atoms with Crippen LogP contribution in [0.25, 0.3) is 0 Å². The molecule has 0 aliphatic rings. The highest BCUT2D eigenvalue weighted by Gasteiger charge is 2.16. The van der Waals surface area contributed by atoms with E-state index in [0.717, 1.165) is 4.88 Å². The van der Waals surface area contributed by atoms with Crippen molar-refractivity contribution < 1.29 is 9.90 Å².